The fourth-order valence-corrected chi connectivity index (χ4v) is 2.93. The van der Waals surface area contributed by atoms with Crippen molar-refractivity contribution < 1.29 is 0 Å². The lowest BCUT2D eigenvalue weighted by Gasteiger charge is -2.06. The van der Waals surface area contributed by atoms with Crippen molar-refractivity contribution in [3.63, 3.8) is 0 Å². The Morgan fingerprint density at radius 3 is 2.88 bits per heavy atom. The van der Waals surface area contributed by atoms with Gasteiger partial charge in [0, 0.05) is 0 Å². The first-order chi connectivity index (χ1) is 7.93. The minimum Gasteiger partial charge on any atom is -0.0795 e. The molecule has 0 unspecified atom stereocenters. The largest absolute Gasteiger partial charge is 0.0795 e. The van der Waals surface area contributed by atoms with Crippen LogP contribution in [0.1, 0.15) is 17.5 Å². The van der Waals surface area contributed by atoms with Crippen LogP contribution in [0.15, 0.2) is 30.3 Å². The number of allylic oxidation sites excluding steroid dienone is 1. The third kappa shape index (κ3) is 0.943. The SMILES string of the molecule is C1=Cc2ccc3ccc4c(c3c2C1)=CCC=4. The van der Waals surface area contributed by atoms with Gasteiger partial charge < -0.3 is 0 Å². The summed E-state index contributed by atoms with van der Waals surface area (Å²) in [6.07, 6.45) is 11.4. The lowest BCUT2D eigenvalue weighted by molar-refractivity contribution is 1.34. The van der Waals surface area contributed by atoms with Crippen LogP contribution in [0.2, 0.25) is 0 Å². The van der Waals surface area contributed by atoms with Crippen molar-refractivity contribution in [3.8, 4) is 0 Å². The summed E-state index contributed by atoms with van der Waals surface area (Å²) in [7, 11) is 0. The summed E-state index contributed by atoms with van der Waals surface area (Å²) in [6.45, 7) is 0. The van der Waals surface area contributed by atoms with E-state index in [0.29, 0.717) is 0 Å². The van der Waals surface area contributed by atoms with E-state index in [4.69, 9.17) is 0 Å². The second kappa shape index (κ2) is 2.85. The number of fused-ring (bicyclic) bond motifs is 5. The molecular weight excluding hydrogens is 192 g/mol. The van der Waals surface area contributed by atoms with Gasteiger partial charge in [0.2, 0.25) is 0 Å². The second-order valence-electron chi connectivity index (χ2n) is 4.55. The molecule has 0 nitrogen and oxygen atoms in total. The molecule has 0 amide bonds. The molecular formula is C16H12. The molecule has 16 heavy (non-hydrogen) atoms. The zero-order valence-corrected chi connectivity index (χ0v) is 9.03. The summed E-state index contributed by atoms with van der Waals surface area (Å²) in [5.41, 5.74) is 2.92. The van der Waals surface area contributed by atoms with E-state index < -0.39 is 0 Å². The summed E-state index contributed by atoms with van der Waals surface area (Å²) in [4.78, 5) is 0. The fourth-order valence-electron chi connectivity index (χ4n) is 2.93. The predicted molar refractivity (Wildman–Crippen MR) is 69.5 cm³/mol. The van der Waals surface area contributed by atoms with Crippen molar-refractivity contribution in [3.05, 3.63) is 51.9 Å². The summed E-state index contributed by atoms with van der Waals surface area (Å²) in [6, 6.07) is 8.99. The minimum atomic E-state index is 1.09. The van der Waals surface area contributed by atoms with Crippen LogP contribution >= 0.6 is 0 Å². The van der Waals surface area contributed by atoms with Gasteiger partial charge in [-0.15, -0.1) is 0 Å². The smallest absolute Gasteiger partial charge is 0.00674 e. The first-order valence-corrected chi connectivity index (χ1v) is 5.85. The topological polar surface area (TPSA) is 0 Å². The summed E-state index contributed by atoms with van der Waals surface area (Å²) < 4.78 is 0. The van der Waals surface area contributed by atoms with Crippen LogP contribution in [0.25, 0.3) is 29.0 Å². The molecule has 4 rings (SSSR count). The standard InChI is InChI=1S/C16H12/c1-3-11-7-9-13-10-8-12-4-2-6-15(12)16(13)14(11)5-1/h1,3-4,6-10H,2,5H2. The highest BCUT2D eigenvalue weighted by molar-refractivity contribution is 5.92. The normalized spacial score (nSPS) is 15.8. The maximum Gasteiger partial charge on any atom is -0.00674 e. The molecule has 0 heteroatoms. The Morgan fingerprint density at radius 1 is 0.938 bits per heavy atom. The average molecular weight is 204 g/mol. The molecule has 2 aromatic carbocycles. The fraction of sp³-hybridized carbons (Fsp3) is 0.125. The first-order valence-electron chi connectivity index (χ1n) is 5.85. The summed E-state index contributed by atoms with van der Waals surface area (Å²) in [5.74, 6) is 0. The van der Waals surface area contributed by atoms with Gasteiger partial charge in [-0.05, 0) is 45.2 Å². The van der Waals surface area contributed by atoms with Gasteiger partial charge in [-0.2, -0.15) is 0 Å². The molecule has 76 valence electrons. The Kier molecular flexibility index (Phi) is 1.49. The number of benzene rings is 2. The Bertz CT molecular complexity index is 746. The predicted octanol–water partition coefficient (Wildman–Crippen LogP) is 2.37. The lowest BCUT2D eigenvalue weighted by Crippen LogP contribution is -2.22. The van der Waals surface area contributed by atoms with E-state index in [2.05, 4.69) is 48.6 Å². The van der Waals surface area contributed by atoms with Crippen LogP contribution in [0.5, 0.6) is 0 Å². The molecule has 2 aliphatic carbocycles. The Hall–Kier alpha value is -1.82. The van der Waals surface area contributed by atoms with Gasteiger partial charge in [0.15, 0.2) is 0 Å². The van der Waals surface area contributed by atoms with E-state index in [-0.39, 0.29) is 0 Å². The van der Waals surface area contributed by atoms with Crippen LogP contribution in [0.4, 0.5) is 0 Å². The summed E-state index contributed by atoms with van der Waals surface area (Å²) in [5, 5.41) is 5.73. The molecule has 0 fully saturated rings. The van der Waals surface area contributed by atoms with E-state index in [1.54, 1.807) is 0 Å². The van der Waals surface area contributed by atoms with Crippen LogP contribution in [0.3, 0.4) is 0 Å². The molecule has 0 aromatic heterocycles. The van der Waals surface area contributed by atoms with E-state index in [0.717, 1.165) is 12.8 Å². The van der Waals surface area contributed by atoms with Gasteiger partial charge >= 0.3 is 0 Å². The van der Waals surface area contributed by atoms with Crippen molar-refractivity contribution in [2.45, 2.75) is 12.8 Å². The van der Waals surface area contributed by atoms with Gasteiger partial charge in [0.05, 0.1) is 0 Å². The highest BCUT2D eigenvalue weighted by Gasteiger charge is 2.11. The van der Waals surface area contributed by atoms with E-state index in [1.165, 1.54) is 32.3 Å². The van der Waals surface area contributed by atoms with Crippen molar-refractivity contribution in [1.82, 2.24) is 0 Å². The van der Waals surface area contributed by atoms with Gasteiger partial charge in [-0.1, -0.05) is 48.6 Å². The molecule has 0 atom stereocenters. The molecule has 0 saturated heterocycles. The van der Waals surface area contributed by atoms with E-state index >= 15 is 0 Å². The summed E-state index contributed by atoms with van der Waals surface area (Å²) >= 11 is 0. The van der Waals surface area contributed by atoms with Crippen molar-refractivity contribution in [2.75, 3.05) is 0 Å². The number of rotatable bonds is 0. The zero-order valence-electron chi connectivity index (χ0n) is 9.03. The Labute approximate surface area is 94.2 Å². The second-order valence-corrected chi connectivity index (χ2v) is 4.55. The highest BCUT2D eigenvalue weighted by atomic mass is 14.1. The van der Waals surface area contributed by atoms with E-state index in [9.17, 15) is 0 Å². The maximum atomic E-state index is 2.36. The minimum absolute atomic E-state index is 1.09. The molecule has 0 heterocycles. The van der Waals surface area contributed by atoms with Crippen molar-refractivity contribution in [1.29, 1.82) is 0 Å². The molecule has 0 spiro atoms. The van der Waals surface area contributed by atoms with Gasteiger partial charge in [0.25, 0.3) is 0 Å². The lowest BCUT2D eigenvalue weighted by atomic mass is 9.98. The molecule has 0 radical (unpaired) electrons. The molecule has 0 saturated carbocycles. The maximum absolute atomic E-state index is 2.36. The van der Waals surface area contributed by atoms with Crippen molar-refractivity contribution in [2.24, 2.45) is 0 Å². The molecule has 2 aromatic rings. The third-order valence-corrected chi connectivity index (χ3v) is 3.68. The van der Waals surface area contributed by atoms with Gasteiger partial charge in [-0.3, -0.25) is 0 Å². The number of hydrogen-bond donors (Lipinski definition) is 0. The van der Waals surface area contributed by atoms with Crippen LogP contribution in [-0.2, 0) is 6.42 Å². The molecule has 0 aliphatic heterocycles. The molecule has 2 aliphatic rings. The van der Waals surface area contributed by atoms with Crippen LogP contribution in [-0.4, -0.2) is 0 Å². The third-order valence-electron chi connectivity index (χ3n) is 3.68. The first kappa shape index (κ1) is 8.35. The van der Waals surface area contributed by atoms with Gasteiger partial charge in [-0.25, -0.2) is 0 Å². The Balaban J connectivity index is 2.32. The number of hydrogen-bond acceptors (Lipinski definition) is 0. The molecule has 0 N–H and O–H groups in total. The zero-order chi connectivity index (χ0) is 10.5. The van der Waals surface area contributed by atoms with Crippen LogP contribution in [0, 0.1) is 0 Å². The Morgan fingerprint density at radius 2 is 1.88 bits per heavy atom. The van der Waals surface area contributed by atoms with Gasteiger partial charge in [0.1, 0.15) is 0 Å². The average Bonchev–Trinajstić information content (AvgIpc) is 2.96. The molecule has 0 bridgehead atoms. The van der Waals surface area contributed by atoms with Crippen molar-refractivity contribution >= 4 is 29.0 Å². The van der Waals surface area contributed by atoms with E-state index in [1.807, 2.05) is 0 Å². The highest BCUT2D eigenvalue weighted by Crippen LogP contribution is 2.25. The quantitative estimate of drug-likeness (QED) is 0.618. The van der Waals surface area contributed by atoms with Crippen LogP contribution < -0.4 is 10.4 Å². The monoisotopic (exact) mass is 204 g/mol.